The Bertz CT molecular complexity index is 756. The van der Waals surface area contributed by atoms with Crippen molar-refractivity contribution in [3.05, 3.63) is 59.7 Å². The first kappa shape index (κ1) is 17.1. The van der Waals surface area contributed by atoms with Crippen LogP contribution in [0.1, 0.15) is 36.8 Å². The van der Waals surface area contributed by atoms with Gasteiger partial charge in [-0.3, -0.25) is 0 Å². The van der Waals surface area contributed by atoms with Gasteiger partial charge in [-0.2, -0.15) is 0 Å². The zero-order valence-corrected chi connectivity index (χ0v) is 15.1. The Kier molecular flexibility index (Phi) is 4.68. The summed E-state index contributed by atoms with van der Waals surface area (Å²) < 4.78 is 5.71. The number of benzene rings is 2. The highest BCUT2D eigenvalue weighted by molar-refractivity contribution is 5.79. The van der Waals surface area contributed by atoms with Gasteiger partial charge in [-0.15, -0.1) is 0 Å². The summed E-state index contributed by atoms with van der Waals surface area (Å²) in [6, 6.07) is 16.7. The molecule has 0 spiro atoms. The summed E-state index contributed by atoms with van der Waals surface area (Å²) in [4.78, 5) is 14.3. The van der Waals surface area contributed by atoms with Gasteiger partial charge in [0.25, 0.3) is 0 Å². The number of likely N-dealkylation sites (tertiary alicyclic amines) is 1. The van der Waals surface area contributed by atoms with Gasteiger partial charge in [0.2, 0.25) is 0 Å². The summed E-state index contributed by atoms with van der Waals surface area (Å²) in [7, 11) is 0. The highest BCUT2D eigenvalue weighted by Crippen LogP contribution is 2.44. The number of ether oxygens (including phenoxy) is 1. The van der Waals surface area contributed by atoms with Gasteiger partial charge >= 0.3 is 6.09 Å². The van der Waals surface area contributed by atoms with Gasteiger partial charge in [-0.05, 0) is 42.0 Å². The minimum Gasteiger partial charge on any atom is -0.448 e. The molecule has 0 radical (unpaired) electrons. The van der Waals surface area contributed by atoms with Crippen molar-refractivity contribution < 1.29 is 14.6 Å². The van der Waals surface area contributed by atoms with E-state index in [4.69, 9.17) is 4.74 Å². The van der Waals surface area contributed by atoms with Gasteiger partial charge in [0.1, 0.15) is 6.61 Å². The lowest BCUT2D eigenvalue weighted by atomic mass is 9.94. The van der Waals surface area contributed by atoms with E-state index in [9.17, 15) is 9.90 Å². The van der Waals surface area contributed by atoms with Crippen LogP contribution in [0.25, 0.3) is 11.1 Å². The molecule has 4 rings (SSSR count). The summed E-state index contributed by atoms with van der Waals surface area (Å²) in [6.45, 7) is 3.43. The SMILES string of the molecule is CC(O)C1CCCN(C(=O)OCC2c3ccccc3-c3ccccc32)C1. The van der Waals surface area contributed by atoms with E-state index in [0.717, 1.165) is 12.8 Å². The predicted molar refractivity (Wildman–Crippen MR) is 101 cm³/mol. The van der Waals surface area contributed by atoms with Crippen molar-refractivity contribution in [2.75, 3.05) is 19.7 Å². The van der Waals surface area contributed by atoms with E-state index in [-0.39, 0.29) is 24.0 Å². The minimum atomic E-state index is -0.390. The van der Waals surface area contributed by atoms with E-state index >= 15 is 0 Å². The number of rotatable bonds is 3. The largest absolute Gasteiger partial charge is 0.448 e. The number of nitrogens with zero attached hydrogens (tertiary/aromatic N) is 1. The quantitative estimate of drug-likeness (QED) is 0.908. The lowest BCUT2D eigenvalue weighted by Gasteiger charge is -2.33. The van der Waals surface area contributed by atoms with Crippen LogP contribution in [-0.4, -0.2) is 41.9 Å². The van der Waals surface area contributed by atoms with Gasteiger partial charge in [-0.25, -0.2) is 4.79 Å². The second-order valence-corrected chi connectivity index (χ2v) is 7.39. The van der Waals surface area contributed by atoms with Crippen molar-refractivity contribution in [2.45, 2.75) is 31.8 Å². The zero-order valence-electron chi connectivity index (χ0n) is 15.1. The Morgan fingerprint density at radius 1 is 1.15 bits per heavy atom. The highest BCUT2D eigenvalue weighted by Gasteiger charge is 2.31. The summed E-state index contributed by atoms with van der Waals surface area (Å²) in [6.07, 6.45) is 1.22. The van der Waals surface area contributed by atoms with Crippen molar-refractivity contribution >= 4 is 6.09 Å². The van der Waals surface area contributed by atoms with E-state index in [1.807, 2.05) is 24.3 Å². The molecule has 136 valence electrons. The normalized spacial score (nSPS) is 20.4. The minimum absolute atomic E-state index is 0.0868. The molecule has 26 heavy (non-hydrogen) atoms. The van der Waals surface area contributed by atoms with Crippen LogP contribution in [0.4, 0.5) is 4.79 Å². The van der Waals surface area contributed by atoms with E-state index in [1.54, 1.807) is 11.8 Å². The van der Waals surface area contributed by atoms with E-state index in [1.165, 1.54) is 22.3 Å². The lowest BCUT2D eigenvalue weighted by molar-refractivity contribution is 0.0467. The van der Waals surface area contributed by atoms with Crippen LogP contribution < -0.4 is 0 Å². The fraction of sp³-hybridized carbons (Fsp3) is 0.409. The van der Waals surface area contributed by atoms with E-state index in [0.29, 0.717) is 19.7 Å². The maximum Gasteiger partial charge on any atom is 0.409 e. The maximum atomic E-state index is 12.6. The third-order valence-electron chi connectivity index (χ3n) is 5.73. The molecule has 4 nitrogen and oxygen atoms in total. The van der Waals surface area contributed by atoms with Crippen LogP contribution in [-0.2, 0) is 4.74 Å². The Morgan fingerprint density at radius 2 is 1.77 bits per heavy atom. The first-order valence-corrected chi connectivity index (χ1v) is 9.43. The van der Waals surface area contributed by atoms with Crippen molar-refractivity contribution in [1.29, 1.82) is 0 Å². The number of piperidine rings is 1. The standard InChI is InChI=1S/C22H25NO3/c1-15(24)16-7-6-12-23(13-16)22(25)26-14-21-19-10-4-2-8-17(19)18-9-3-5-11-20(18)21/h2-5,8-11,15-16,21,24H,6-7,12-14H2,1H3. The van der Waals surface area contributed by atoms with Crippen molar-refractivity contribution in [2.24, 2.45) is 5.92 Å². The van der Waals surface area contributed by atoms with Gasteiger partial charge in [0.15, 0.2) is 0 Å². The van der Waals surface area contributed by atoms with Crippen molar-refractivity contribution in [3.63, 3.8) is 0 Å². The molecular formula is C22H25NO3. The third kappa shape index (κ3) is 3.10. The number of aliphatic hydroxyl groups is 1. The summed E-state index contributed by atoms with van der Waals surface area (Å²) in [5, 5.41) is 9.82. The smallest absolute Gasteiger partial charge is 0.409 e. The topological polar surface area (TPSA) is 49.8 Å². The number of hydrogen-bond donors (Lipinski definition) is 1. The predicted octanol–water partition coefficient (Wildman–Crippen LogP) is 4.03. The number of carbonyl (C=O) groups excluding carboxylic acids is 1. The second kappa shape index (κ2) is 7.12. The van der Waals surface area contributed by atoms with E-state index < -0.39 is 0 Å². The van der Waals surface area contributed by atoms with Gasteiger partial charge in [0.05, 0.1) is 6.10 Å². The molecule has 1 aliphatic heterocycles. The highest BCUT2D eigenvalue weighted by atomic mass is 16.6. The molecule has 2 aromatic rings. The molecule has 1 aliphatic carbocycles. The van der Waals surface area contributed by atoms with Crippen LogP contribution in [0.15, 0.2) is 48.5 Å². The Hall–Kier alpha value is -2.33. The first-order chi connectivity index (χ1) is 12.6. The molecule has 1 amide bonds. The molecule has 4 heteroatoms. The summed E-state index contributed by atoms with van der Waals surface area (Å²) in [5.41, 5.74) is 4.91. The number of amides is 1. The molecule has 0 aromatic heterocycles. The van der Waals surface area contributed by atoms with Gasteiger partial charge in [0, 0.05) is 24.9 Å². The molecule has 0 bridgehead atoms. The molecule has 1 heterocycles. The van der Waals surface area contributed by atoms with Crippen LogP contribution >= 0.6 is 0 Å². The maximum absolute atomic E-state index is 12.6. The second-order valence-electron chi connectivity index (χ2n) is 7.39. The van der Waals surface area contributed by atoms with Crippen LogP contribution in [0.5, 0.6) is 0 Å². The lowest BCUT2D eigenvalue weighted by Crippen LogP contribution is -2.43. The van der Waals surface area contributed by atoms with Crippen LogP contribution in [0, 0.1) is 5.92 Å². The average molecular weight is 351 g/mol. The van der Waals surface area contributed by atoms with Crippen LogP contribution in [0.2, 0.25) is 0 Å². The van der Waals surface area contributed by atoms with E-state index in [2.05, 4.69) is 24.3 Å². The number of aliphatic hydroxyl groups excluding tert-OH is 1. The molecule has 2 atom stereocenters. The molecule has 2 aromatic carbocycles. The monoisotopic (exact) mass is 351 g/mol. The Balaban J connectivity index is 1.47. The number of carbonyl (C=O) groups is 1. The van der Waals surface area contributed by atoms with Gasteiger partial charge < -0.3 is 14.7 Å². The molecule has 0 saturated carbocycles. The van der Waals surface area contributed by atoms with Gasteiger partial charge in [-0.1, -0.05) is 48.5 Å². The zero-order chi connectivity index (χ0) is 18.1. The summed E-state index contributed by atoms with van der Waals surface area (Å²) in [5.74, 6) is 0.230. The molecule has 1 fully saturated rings. The molecular weight excluding hydrogens is 326 g/mol. The van der Waals surface area contributed by atoms with Crippen LogP contribution in [0.3, 0.4) is 0 Å². The Morgan fingerprint density at radius 3 is 2.38 bits per heavy atom. The number of fused-ring (bicyclic) bond motifs is 3. The van der Waals surface area contributed by atoms with Crippen molar-refractivity contribution in [1.82, 2.24) is 4.90 Å². The third-order valence-corrected chi connectivity index (χ3v) is 5.73. The fourth-order valence-electron chi connectivity index (χ4n) is 4.25. The first-order valence-electron chi connectivity index (χ1n) is 9.43. The molecule has 2 aliphatic rings. The molecule has 1 saturated heterocycles. The Labute approximate surface area is 154 Å². The average Bonchev–Trinajstić information content (AvgIpc) is 3.00. The summed E-state index contributed by atoms with van der Waals surface area (Å²) >= 11 is 0. The number of hydrogen-bond acceptors (Lipinski definition) is 3. The molecule has 2 unspecified atom stereocenters. The fourth-order valence-corrected chi connectivity index (χ4v) is 4.25. The molecule has 1 N–H and O–H groups in total. The van der Waals surface area contributed by atoms with Crippen molar-refractivity contribution in [3.8, 4) is 11.1 Å².